The summed E-state index contributed by atoms with van der Waals surface area (Å²) in [5.74, 6) is -1.19. The summed E-state index contributed by atoms with van der Waals surface area (Å²) in [5, 5.41) is 8.96. The van der Waals surface area contributed by atoms with Crippen LogP contribution in [0.1, 0.15) is 24.2 Å². The van der Waals surface area contributed by atoms with Gasteiger partial charge in [-0.2, -0.15) is 4.31 Å². The van der Waals surface area contributed by atoms with Crippen LogP contribution in [-0.4, -0.2) is 50.3 Å². The number of carboxylic acids is 1. The van der Waals surface area contributed by atoms with Crippen LogP contribution in [0.15, 0.2) is 52.4 Å². The van der Waals surface area contributed by atoms with Gasteiger partial charge in [-0.05, 0) is 30.3 Å². The molecule has 3 N–H and O–H groups in total. The summed E-state index contributed by atoms with van der Waals surface area (Å²) >= 11 is 0. The van der Waals surface area contributed by atoms with E-state index in [-0.39, 0.29) is 21.2 Å². The van der Waals surface area contributed by atoms with Gasteiger partial charge in [0.2, 0.25) is 10.0 Å². The number of rotatable bonds is 9. The number of carbonyl (C=O) groups is 1. The lowest BCUT2D eigenvalue weighted by Gasteiger charge is -2.18. The molecule has 28 heavy (non-hydrogen) atoms. The number of sulfonamides is 2. The summed E-state index contributed by atoms with van der Waals surface area (Å²) < 4.78 is 50.6. The predicted octanol–water partition coefficient (Wildman–Crippen LogP) is 1.12. The fourth-order valence-corrected chi connectivity index (χ4v) is 4.59. The zero-order valence-corrected chi connectivity index (χ0v) is 16.8. The van der Waals surface area contributed by atoms with E-state index in [4.69, 9.17) is 5.11 Å². The molecule has 1 aromatic heterocycles. The van der Waals surface area contributed by atoms with Crippen LogP contribution < -0.4 is 10.3 Å². The van der Waals surface area contributed by atoms with Gasteiger partial charge in [-0.1, -0.05) is 19.9 Å². The third kappa shape index (κ3) is 4.84. The number of hydrazine groups is 1. The number of anilines is 1. The third-order valence-corrected chi connectivity index (χ3v) is 7.06. The smallest absolute Gasteiger partial charge is 0.335 e. The maximum atomic E-state index is 12.4. The summed E-state index contributed by atoms with van der Waals surface area (Å²) in [6.45, 7) is 4.07. The lowest BCUT2D eigenvalue weighted by Crippen LogP contribution is -2.31. The monoisotopic (exact) mass is 428 g/mol. The lowest BCUT2D eigenvalue weighted by atomic mass is 10.2. The Morgan fingerprint density at radius 3 is 2.29 bits per heavy atom. The van der Waals surface area contributed by atoms with E-state index in [9.17, 15) is 21.6 Å². The Hall–Kier alpha value is -2.54. The Labute approximate surface area is 163 Å². The van der Waals surface area contributed by atoms with E-state index in [0.29, 0.717) is 13.1 Å². The summed E-state index contributed by atoms with van der Waals surface area (Å²) in [7, 11) is -7.73. The number of aromatic nitrogens is 1. The van der Waals surface area contributed by atoms with Gasteiger partial charge in [0.15, 0.2) is 0 Å². The standard InChI is InChI=1S/C16H20N4O6S2/c1-3-20(4-2)28(25,26)14-8-9-15(17-11-14)18-19-27(23,24)13-7-5-6-12(10-13)16(21)22/h5-11,19H,3-4H2,1-2H3,(H,17,18)(H,21,22). The topological polar surface area (TPSA) is 146 Å². The second-order valence-electron chi connectivity index (χ2n) is 5.53. The maximum absolute atomic E-state index is 12.4. The van der Waals surface area contributed by atoms with Gasteiger partial charge < -0.3 is 5.11 Å². The number of hydrogen-bond donors (Lipinski definition) is 3. The number of aromatic carboxylic acids is 1. The van der Waals surface area contributed by atoms with Crippen LogP contribution in [0.2, 0.25) is 0 Å². The Balaban J connectivity index is 2.15. The molecule has 12 heteroatoms. The Morgan fingerprint density at radius 2 is 1.75 bits per heavy atom. The minimum atomic E-state index is -4.07. The van der Waals surface area contributed by atoms with Crippen molar-refractivity contribution in [2.75, 3.05) is 18.5 Å². The van der Waals surface area contributed by atoms with E-state index in [2.05, 4.69) is 15.2 Å². The van der Waals surface area contributed by atoms with Crippen molar-refractivity contribution in [3.05, 3.63) is 48.2 Å². The molecule has 0 spiro atoms. The lowest BCUT2D eigenvalue weighted by molar-refractivity contribution is 0.0696. The Bertz CT molecular complexity index is 1050. The molecule has 0 aliphatic rings. The van der Waals surface area contributed by atoms with Gasteiger partial charge in [0.1, 0.15) is 10.7 Å². The van der Waals surface area contributed by atoms with E-state index >= 15 is 0 Å². The maximum Gasteiger partial charge on any atom is 0.335 e. The molecule has 1 heterocycles. The first-order valence-corrected chi connectivity index (χ1v) is 11.1. The molecule has 0 amide bonds. The summed E-state index contributed by atoms with van der Waals surface area (Å²) in [5.41, 5.74) is 2.19. The average Bonchev–Trinajstić information content (AvgIpc) is 2.67. The molecule has 0 saturated carbocycles. The minimum Gasteiger partial charge on any atom is -0.478 e. The average molecular weight is 428 g/mol. The Kier molecular flexibility index (Phi) is 6.72. The summed E-state index contributed by atoms with van der Waals surface area (Å²) in [4.78, 5) is 16.7. The molecule has 152 valence electrons. The molecule has 0 aliphatic carbocycles. The minimum absolute atomic E-state index is 0.0150. The first-order chi connectivity index (χ1) is 13.1. The van der Waals surface area contributed by atoms with Crippen LogP contribution in [0.3, 0.4) is 0 Å². The molecule has 0 bridgehead atoms. The largest absolute Gasteiger partial charge is 0.478 e. The van der Waals surface area contributed by atoms with Gasteiger partial charge in [-0.25, -0.2) is 26.6 Å². The van der Waals surface area contributed by atoms with Crippen molar-refractivity contribution < 1.29 is 26.7 Å². The molecule has 0 radical (unpaired) electrons. The third-order valence-electron chi connectivity index (χ3n) is 3.78. The number of nitrogens with zero attached hydrogens (tertiary/aromatic N) is 2. The number of pyridine rings is 1. The summed E-state index contributed by atoms with van der Waals surface area (Å²) in [6, 6.07) is 7.45. The van der Waals surface area contributed by atoms with E-state index in [1.54, 1.807) is 13.8 Å². The molecular formula is C16H20N4O6S2. The molecule has 10 nitrogen and oxygen atoms in total. The highest BCUT2D eigenvalue weighted by Gasteiger charge is 2.22. The molecule has 1 aromatic carbocycles. The van der Waals surface area contributed by atoms with Gasteiger partial charge >= 0.3 is 5.97 Å². The Morgan fingerprint density at radius 1 is 1.07 bits per heavy atom. The van der Waals surface area contributed by atoms with Crippen molar-refractivity contribution >= 4 is 31.8 Å². The van der Waals surface area contributed by atoms with Crippen LogP contribution in [0.4, 0.5) is 5.82 Å². The van der Waals surface area contributed by atoms with Crippen LogP contribution in [-0.2, 0) is 20.0 Å². The molecule has 0 atom stereocenters. The first kappa shape index (κ1) is 21.8. The van der Waals surface area contributed by atoms with Gasteiger partial charge in [0.25, 0.3) is 10.0 Å². The zero-order chi connectivity index (χ0) is 20.9. The number of carboxylic acid groups (broad SMARTS) is 1. The zero-order valence-electron chi connectivity index (χ0n) is 15.2. The molecule has 0 aliphatic heterocycles. The molecular weight excluding hydrogens is 408 g/mol. The van der Waals surface area contributed by atoms with Crippen LogP contribution >= 0.6 is 0 Å². The second kappa shape index (κ2) is 8.65. The van der Waals surface area contributed by atoms with Crippen molar-refractivity contribution in [1.82, 2.24) is 14.1 Å². The number of benzene rings is 1. The van der Waals surface area contributed by atoms with E-state index in [1.165, 1.54) is 34.6 Å². The normalized spacial score (nSPS) is 12.1. The highest BCUT2D eigenvalue weighted by molar-refractivity contribution is 7.89. The van der Waals surface area contributed by atoms with Gasteiger partial charge in [0.05, 0.1) is 10.5 Å². The van der Waals surface area contributed by atoms with E-state index < -0.39 is 26.0 Å². The van der Waals surface area contributed by atoms with E-state index in [0.717, 1.165) is 12.3 Å². The molecule has 0 unspecified atom stereocenters. The number of hydrogen-bond acceptors (Lipinski definition) is 7. The van der Waals surface area contributed by atoms with Crippen LogP contribution in [0.5, 0.6) is 0 Å². The molecule has 0 fully saturated rings. The van der Waals surface area contributed by atoms with Crippen LogP contribution in [0, 0.1) is 0 Å². The highest BCUT2D eigenvalue weighted by atomic mass is 32.2. The molecule has 0 saturated heterocycles. The molecule has 2 aromatic rings. The van der Waals surface area contributed by atoms with Crippen molar-refractivity contribution in [3.8, 4) is 0 Å². The van der Waals surface area contributed by atoms with Gasteiger partial charge in [-0.15, -0.1) is 4.83 Å². The fourth-order valence-electron chi connectivity index (χ4n) is 2.29. The van der Waals surface area contributed by atoms with E-state index in [1.807, 2.05) is 0 Å². The number of nitrogens with one attached hydrogen (secondary N) is 2. The SMILES string of the molecule is CCN(CC)S(=O)(=O)c1ccc(NNS(=O)(=O)c2cccc(C(=O)O)c2)nc1. The van der Waals surface area contributed by atoms with Crippen molar-refractivity contribution in [2.24, 2.45) is 0 Å². The quantitative estimate of drug-likeness (QED) is 0.504. The van der Waals surface area contributed by atoms with Crippen molar-refractivity contribution in [3.63, 3.8) is 0 Å². The summed E-state index contributed by atoms with van der Waals surface area (Å²) in [6.07, 6.45) is 1.12. The van der Waals surface area contributed by atoms with Crippen LogP contribution in [0.25, 0.3) is 0 Å². The molecule has 2 rings (SSSR count). The fraction of sp³-hybridized carbons (Fsp3) is 0.250. The van der Waals surface area contributed by atoms with Gasteiger partial charge in [-0.3, -0.25) is 5.43 Å². The first-order valence-electron chi connectivity index (χ1n) is 8.19. The van der Waals surface area contributed by atoms with Gasteiger partial charge in [0, 0.05) is 19.3 Å². The second-order valence-corrected chi connectivity index (χ2v) is 9.15. The predicted molar refractivity (Wildman–Crippen MR) is 102 cm³/mol. The van der Waals surface area contributed by atoms with Crippen molar-refractivity contribution in [1.29, 1.82) is 0 Å². The van der Waals surface area contributed by atoms with Crippen molar-refractivity contribution in [2.45, 2.75) is 23.6 Å². The highest BCUT2D eigenvalue weighted by Crippen LogP contribution is 2.16.